The van der Waals surface area contributed by atoms with Gasteiger partial charge in [-0.05, 0) is 79.1 Å². The van der Waals surface area contributed by atoms with Crippen molar-refractivity contribution in [1.82, 2.24) is 40.0 Å². The lowest BCUT2D eigenvalue weighted by atomic mass is 9.60. The van der Waals surface area contributed by atoms with Crippen molar-refractivity contribution < 1.29 is 9.59 Å². The summed E-state index contributed by atoms with van der Waals surface area (Å²) in [7, 11) is 5.91. The first-order valence-electron chi connectivity index (χ1n) is 16.9. The van der Waals surface area contributed by atoms with Gasteiger partial charge in [-0.3, -0.25) is 19.4 Å². The van der Waals surface area contributed by atoms with Gasteiger partial charge in [-0.2, -0.15) is 10.2 Å². The third kappa shape index (κ3) is 7.25. The molecule has 3 saturated heterocycles. The molecule has 0 unspecified atom stereocenters. The summed E-state index contributed by atoms with van der Waals surface area (Å²) in [6.45, 7) is 17.9. The number of nitrogens with one attached hydrogen (secondary N) is 2. The predicted molar refractivity (Wildman–Crippen MR) is 195 cm³/mol. The summed E-state index contributed by atoms with van der Waals surface area (Å²) in [5.41, 5.74) is 4.09. The molecule has 11 nitrogen and oxygen atoms in total. The average molecular weight is 701 g/mol. The highest BCUT2D eigenvalue weighted by Crippen LogP contribution is 2.56. The molecule has 2 aromatic heterocycles. The summed E-state index contributed by atoms with van der Waals surface area (Å²) >= 11 is 13.5. The molecule has 0 bridgehead atoms. The molecule has 3 aliphatic heterocycles. The first-order chi connectivity index (χ1) is 22.8. The van der Waals surface area contributed by atoms with Gasteiger partial charge in [0.25, 0.3) is 0 Å². The number of fused-ring (bicyclic) bond motifs is 1. The lowest BCUT2D eigenvalue weighted by molar-refractivity contribution is -0.149. The minimum Gasteiger partial charge on any atom is -0.362 e. The molecule has 0 radical (unpaired) electrons. The van der Waals surface area contributed by atoms with E-state index in [1.165, 1.54) is 38.7 Å². The van der Waals surface area contributed by atoms with Gasteiger partial charge in [0.2, 0.25) is 12.3 Å². The Labute approximate surface area is 294 Å². The summed E-state index contributed by atoms with van der Waals surface area (Å²) in [6, 6.07) is 2.13. The van der Waals surface area contributed by atoms with Crippen molar-refractivity contribution in [3.05, 3.63) is 40.7 Å². The summed E-state index contributed by atoms with van der Waals surface area (Å²) in [6.07, 6.45) is 9.36. The third-order valence-corrected chi connectivity index (χ3v) is 11.3. The normalized spacial score (nSPS) is 20.6. The number of anilines is 1. The fraction of sp³-hybridized carbons (Fsp3) is 0.600. The Balaban J connectivity index is 0.000000319. The van der Waals surface area contributed by atoms with Crippen LogP contribution < -0.4 is 10.2 Å². The van der Waals surface area contributed by atoms with Crippen molar-refractivity contribution in [2.45, 2.75) is 64.5 Å². The number of aromatic amines is 1. The number of nitrogens with zero attached hydrogens (tertiary/aromatic N) is 7. The number of hydrogen-bond donors (Lipinski definition) is 2. The molecule has 13 heteroatoms. The zero-order chi connectivity index (χ0) is 34.8. The number of halogens is 2. The number of H-pyrrole nitrogens is 1. The Kier molecular flexibility index (Phi) is 11.1. The maximum absolute atomic E-state index is 12.0. The molecule has 7 rings (SSSR count). The van der Waals surface area contributed by atoms with Gasteiger partial charge in [0, 0.05) is 86.0 Å². The van der Waals surface area contributed by atoms with E-state index in [0.717, 1.165) is 78.9 Å². The third-order valence-electron chi connectivity index (χ3n) is 10.5. The van der Waals surface area contributed by atoms with Crippen molar-refractivity contribution in [3.63, 3.8) is 0 Å². The zero-order valence-electron chi connectivity index (χ0n) is 29.3. The van der Waals surface area contributed by atoms with Gasteiger partial charge in [-0.25, -0.2) is 0 Å². The predicted octanol–water partition coefficient (Wildman–Crippen LogP) is 5.39. The fourth-order valence-electron chi connectivity index (χ4n) is 7.60. The number of amides is 2. The van der Waals surface area contributed by atoms with Gasteiger partial charge in [-0.15, -0.1) is 0 Å². The van der Waals surface area contributed by atoms with Crippen molar-refractivity contribution in [2.24, 2.45) is 5.41 Å². The topological polar surface area (TPSA) is 106 Å². The number of hydrogen-bond acceptors (Lipinski definition) is 7. The van der Waals surface area contributed by atoms with E-state index < -0.39 is 0 Å². The van der Waals surface area contributed by atoms with Crippen LogP contribution in [0.5, 0.6) is 0 Å². The number of likely N-dealkylation sites (N-methyl/N-ethyl adjacent to an activating group) is 2. The second-order valence-electron chi connectivity index (χ2n) is 14.5. The highest BCUT2D eigenvalue weighted by Gasteiger charge is 2.54. The SMILES string of the molecule is C=CC(=O)N1CC2(CC(n3nc(N4CCCCC4(C)C)c(-c4c(Cl)c(Cl)cc5[nH]ncc45)c3C)C2)C1.CN1CCN(C)CC1.CNC=O. The van der Waals surface area contributed by atoms with Crippen LogP contribution in [0.15, 0.2) is 24.9 Å². The standard InChI is InChI=1S/C27H32Cl2N6O.C6H14N2.C2H5NO/c1-5-21(36)33-14-27(15-33)11-17(12-27)35-16(2)22(25(32-35)34-9-7-6-8-26(34,3)4)23-18-13-30-31-20(18)10-19(28)24(23)29;1-7-3-5-8(2)6-4-7;1-3-2-4/h5,10,13,17H,1,6-9,11-12,14-15H2,2-4H3,(H,30,31);3-6H2,1-2H3;2H,1H3,(H,3,4). The molecule has 48 heavy (non-hydrogen) atoms. The van der Waals surface area contributed by atoms with Gasteiger partial charge < -0.3 is 24.9 Å². The molecule has 262 valence electrons. The summed E-state index contributed by atoms with van der Waals surface area (Å²) in [4.78, 5) is 30.1. The van der Waals surface area contributed by atoms with Crippen LogP contribution in [0, 0.1) is 12.3 Å². The quantitative estimate of drug-likeness (QED) is 0.272. The molecule has 1 aliphatic carbocycles. The van der Waals surface area contributed by atoms with E-state index in [1.54, 1.807) is 7.05 Å². The Morgan fingerprint density at radius 2 is 1.69 bits per heavy atom. The molecule has 0 atom stereocenters. The molecule has 4 fully saturated rings. The molecule has 2 amide bonds. The number of benzene rings is 1. The van der Waals surface area contributed by atoms with Crippen LogP contribution in [0.3, 0.4) is 0 Å². The Morgan fingerprint density at radius 3 is 2.25 bits per heavy atom. The van der Waals surface area contributed by atoms with Crippen LogP contribution in [-0.4, -0.2) is 119 Å². The molecule has 2 N–H and O–H groups in total. The smallest absolute Gasteiger partial charge is 0.245 e. The number of likely N-dealkylation sites (tertiary alicyclic amines) is 1. The van der Waals surface area contributed by atoms with Crippen molar-refractivity contribution in [3.8, 4) is 11.1 Å². The lowest BCUT2D eigenvalue weighted by Gasteiger charge is -2.58. The van der Waals surface area contributed by atoms with E-state index in [1.807, 2.05) is 17.2 Å². The van der Waals surface area contributed by atoms with Crippen LogP contribution in [0.4, 0.5) is 5.82 Å². The molecule has 1 saturated carbocycles. The summed E-state index contributed by atoms with van der Waals surface area (Å²) in [5, 5.41) is 16.9. The van der Waals surface area contributed by atoms with E-state index in [4.69, 9.17) is 33.1 Å². The fourth-order valence-corrected chi connectivity index (χ4v) is 8.06. The van der Waals surface area contributed by atoms with Crippen molar-refractivity contribution in [2.75, 3.05) is 71.9 Å². The molecule has 1 aromatic carbocycles. The van der Waals surface area contributed by atoms with Gasteiger partial charge in [0.05, 0.1) is 27.8 Å². The van der Waals surface area contributed by atoms with Crippen molar-refractivity contribution >= 4 is 52.2 Å². The summed E-state index contributed by atoms with van der Waals surface area (Å²) < 4.78 is 2.21. The van der Waals surface area contributed by atoms with Gasteiger partial charge >= 0.3 is 0 Å². The molecular formula is C35H51Cl2N9O2. The molecule has 4 aliphatic rings. The van der Waals surface area contributed by atoms with Crippen LogP contribution in [-0.2, 0) is 9.59 Å². The monoisotopic (exact) mass is 699 g/mol. The Morgan fingerprint density at radius 1 is 1.06 bits per heavy atom. The molecule has 5 heterocycles. The second-order valence-corrected chi connectivity index (χ2v) is 15.3. The minimum atomic E-state index is -0.0143. The first kappa shape index (κ1) is 36.2. The van der Waals surface area contributed by atoms with E-state index in [-0.39, 0.29) is 16.9 Å². The number of rotatable bonds is 5. The number of carbonyl (C=O) groups is 2. The average Bonchev–Trinajstić information content (AvgIpc) is 3.62. The van der Waals surface area contributed by atoms with Gasteiger partial charge in [0.1, 0.15) is 0 Å². The van der Waals surface area contributed by atoms with Gasteiger partial charge in [0.15, 0.2) is 5.82 Å². The Bertz CT molecular complexity index is 1600. The first-order valence-corrected chi connectivity index (χ1v) is 17.7. The van der Waals surface area contributed by atoms with Crippen molar-refractivity contribution in [1.29, 1.82) is 0 Å². The number of carbonyl (C=O) groups excluding carboxylic acids is 2. The van der Waals surface area contributed by atoms with Crippen LogP contribution in [0.1, 0.15) is 57.7 Å². The highest BCUT2D eigenvalue weighted by molar-refractivity contribution is 6.45. The molecule has 3 aromatic rings. The highest BCUT2D eigenvalue weighted by atomic mass is 35.5. The van der Waals surface area contributed by atoms with E-state index in [2.05, 4.69) is 76.3 Å². The van der Waals surface area contributed by atoms with Crippen LogP contribution in [0.2, 0.25) is 10.0 Å². The maximum Gasteiger partial charge on any atom is 0.245 e. The van der Waals surface area contributed by atoms with Crippen LogP contribution >= 0.6 is 23.2 Å². The minimum absolute atomic E-state index is 0.0143. The number of piperazine rings is 1. The van der Waals surface area contributed by atoms with Gasteiger partial charge in [-0.1, -0.05) is 29.8 Å². The second kappa shape index (κ2) is 14.8. The van der Waals surface area contributed by atoms with E-state index >= 15 is 0 Å². The lowest BCUT2D eigenvalue weighted by Crippen LogP contribution is -2.63. The largest absolute Gasteiger partial charge is 0.362 e. The summed E-state index contributed by atoms with van der Waals surface area (Å²) in [5.74, 6) is 0.998. The molecular weight excluding hydrogens is 649 g/mol. The maximum atomic E-state index is 12.0. The van der Waals surface area contributed by atoms with Crippen LogP contribution in [0.25, 0.3) is 22.0 Å². The number of piperidine rings is 1. The Hall–Kier alpha value is -3.12. The molecule has 1 spiro atoms. The number of aromatic nitrogens is 4. The zero-order valence-corrected chi connectivity index (χ0v) is 30.8. The van der Waals surface area contributed by atoms with E-state index in [9.17, 15) is 4.79 Å². The van der Waals surface area contributed by atoms with E-state index in [0.29, 0.717) is 22.5 Å².